The maximum Gasteiger partial charge on any atom is 0.154 e. The van der Waals surface area contributed by atoms with Crippen LogP contribution in [0.15, 0.2) is 18.2 Å². The van der Waals surface area contributed by atoms with Crippen molar-refractivity contribution in [3.8, 4) is 0 Å². The quantitative estimate of drug-likeness (QED) is 0.901. The lowest BCUT2D eigenvalue weighted by atomic mass is 9.95. The van der Waals surface area contributed by atoms with Crippen LogP contribution in [0.5, 0.6) is 0 Å². The Labute approximate surface area is 112 Å². The SMILES string of the molecule is CNC(Cc1ccc(F)cc1F)C(C)(C)S(C)(=O)=O. The zero-order valence-electron chi connectivity index (χ0n) is 11.5. The fraction of sp³-hybridized carbons (Fsp3) is 0.538. The molecule has 1 aromatic rings. The summed E-state index contributed by atoms with van der Waals surface area (Å²) in [5.74, 6) is -1.31. The zero-order chi connectivity index (χ0) is 14.8. The molecule has 1 atom stereocenters. The number of nitrogens with one attached hydrogen (secondary N) is 1. The molecule has 6 heteroatoms. The van der Waals surface area contributed by atoms with E-state index in [2.05, 4.69) is 5.32 Å². The average Bonchev–Trinajstić information content (AvgIpc) is 2.26. The Hall–Kier alpha value is -1.01. The van der Waals surface area contributed by atoms with Crippen molar-refractivity contribution in [2.24, 2.45) is 0 Å². The number of hydrogen-bond acceptors (Lipinski definition) is 3. The van der Waals surface area contributed by atoms with Gasteiger partial charge in [-0.05, 0) is 38.9 Å². The minimum Gasteiger partial charge on any atom is -0.315 e. The van der Waals surface area contributed by atoms with Crippen LogP contribution < -0.4 is 5.32 Å². The van der Waals surface area contributed by atoms with Crippen LogP contribution in [0, 0.1) is 11.6 Å². The van der Waals surface area contributed by atoms with Crippen LogP contribution in [-0.4, -0.2) is 32.5 Å². The van der Waals surface area contributed by atoms with E-state index in [9.17, 15) is 17.2 Å². The van der Waals surface area contributed by atoms with Gasteiger partial charge in [-0.25, -0.2) is 17.2 Å². The van der Waals surface area contributed by atoms with Crippen LogP contribution >= 0.6 is 0 Å². The van der Waals surface area contributed by atoms with Gasteiger partial charge in [0.1, 0.15) is 11.6 Å². The Morgan fingerprint density at radius 3 is 2.32 bits per heavy atom. The molecule has 0 heterocycles. The van der Waals surface area contributed by atoms with Gasteiger partial charge in [-0.15, -0.1) is 0 Å². The monoisotopic (exact) mass is 291 g/mol. The molecule has 0 aliphatic carbocycles. The van der Waals surface area contributed by atoms with Crippen molar-refractivity contribution in [3.05, 3.63) is 35.4 Å². The average molecular weight is 291 g/mol. The van der Waals surface area contributed by atoms with Gasteiger partial charge in [-0.3, -0.25) is 0 Å². The predicted octanol–water partition coefficient (Wildman–Crippen LogP) is 1.92. The van der Waals surface area contributed by atoms with E-state index in [4.69, 9.17) is 0 Å². The normalized spacial score (nSPS) is 14.4. The first-order chi connectivity index (χ1) is 8.59. The fourth-order valence-corrected chi connectivity index (χ4v) is 2.58. The third-order valence-electron chi connectivity index (χ3n) is 3.58. The van der Waals surface area contributed by atoms with Crippen LogP contribution in [0.1, 0.15) is 19.4 Å². The molecule has 1 rings (SSSR count). The molecular formula is C13H19F2NO2S. The molecule has 0 saturated heterocycles. The van der Waals surface area contributed by atoms with Crippen molar-refractivity contribution >= 4 is 9.84 Å². The molecule has 0 aliphatic rings. The highest BCUT2D eigenvalue weighted by molar-refractivity contribution is 7.92. The zero-order valence-corrected chi connectivity index (χ0v) is 12.3. The lowest BCUT2D eigenvalue weighted by Gasteiger charge is -2.32. The first kappa shape index (κ1) is 16.0. The van der Waals surface area contributed by atoms with E-state index in [1.807, 2.05) is 0 Å². The van der Waals surface area contributed by atoms with Gasteiger partial charge in [0.25, 0.3) is 0 Å². The molecule has 1 unspecified atom stereocenters. The van der Waals surface area contributed by atoms with Crippen molar-refractivity contribution in [3.63, 3.8) is 0 Å². The van der Waals surface area contributed by atoms with Crippen molar-refractivity contribution in [1.29, 1.82) is 0 Å². The molecule has 0 amide bonds. The molecule has 0 saturated carbocycles. The van der Waals surface area contributed by atoms with Gasteiger partial charge in [-0.2, -0.15) is 0 Å². The molecular weight excluding hydrogens is 272 g/mol. The number of rotatable bonds is 5. The van der Waals surface area contributed by atoms with E-state index in [-0.39, 0.29) is 12.0 Å². The van der Waals surface area contributed by atoms with E-state index < -0.39 is 32.3 Å². The Kier molecular flexibility index (Phi) is 4.68. The summed E-state index contributed by atoms with van der Waals surface area (Å²) in [4.78, 5) is 0. The maximum atomic E-state index is 13.6. The molecule has 0 fully saturated rings. The second kappa shape index (κ2) is 5.54. The summed E-state index contributed by atoms with van der Waals surface area (Å²) in [5, 5.41) is 2.90. The molecule has 1 aromatic carbocycles. The van der Waals surface area contributed by atoms with E-state index in [1.165, 1.54) is 12.1 Å². The highest BCUT2D eigenvalue weighted by atomic mass is 32.2. The fourth-order valence-electron chi connectivity index (χ4n) is 1.86. The summed E-state index contributed by atoms with van der Waals surface area (Å²) < 4.78 is 49.0. The summed E-state index contributed by atoms with van der Waals surface area (Å²) >= 11 is 0. The number of likely N-dealkylation sites (N-methyl/N-ethyl adjacent to an activating group) is 1. The van der Waals surface area contributed by atoms with Gasteiger partial charge in [0.15, 0.2) is 9.84 Å². The molecule has 0 radical (unpaired) electrons. The van der Waals surface area contributed by atoms with Gasteiger partial charge in [0.2, 0.25) is 0 Å². The lowest BCUT2D eigenvalue weighted by Crippen LogP contribution is -2.51. The molecule has 3 nitrogen and oxygen atoms in total. The first-order valence-electron chi connectivity index (χ1n) is 5.90. The van der Waals surface area contributed by atoms with Crippen molar-refractivity contribution in [2.75, 3.05) is 13.3 Å². The van der Waals surface area contributed by atoms with Crippen LogP contribution in [-0.2, 0) is 16.3 Å². The molecule has 0 aliphatic heterocycles. The summed E-state index contributed by atoms with van der Waals surface area (Å²) in [7, 11) is -1.69. The largest absolute Gasteiger partial charge is 0.315 e. The van der Waals surface area contributed by atoms with Gasteiger partial charge in [0.05, 0.1) is 4.75 Å². The van der Waals surface area contributed by atoms with Gasteiger partial charge >= 0.3 is 0 Å². The molecule has 0 spiro atoms. The summed E-state index contributed by atoms with van der Waals surface area (Å²) in [5.41, 5.74) is 0.289. The highest BCUT2D eigenvalue weighted by Crippen LogP contribution is 2.24. The van der Waals surface area contributed by atoms with E-state index in [1.54, 1.807) is 20.9 Å². The first-order valence-corrected chi connectivity index (χ1v) is 7.79. The Bertz CT molecular complexity index is 556. The maximum absolute atomic E-state index is 13.6. The summed E-state index contributed by atoms with van der Waals surface area (Å²) in [6.07, 6.45) is 1.32. The van der Waals surface area contributed by atoms with Gasteiger partial charge in [0, 0.05) is 18.4 Å². The molecule has 108 valence electrons. The molecule has 1 N–H and O–H groups in total. The van der Waals surface area contributed by atoms with E-state index >= 15 is 0 Å². The lowest BCUT2D eigenvalue weighted by molar-refractivity contribution is 0.424. The predicted molar refractivity (Wildman–Crippen MR) is 71.8 cm³/mol. The minimum absolute atomic E-state index is 0.169. The number of hydrogen-bond donors (Lipinski definition) is 1. The highest BCUT2D eigenvalue weighted by Gasteiger charge is 2.38. The molecule has 19 heavy (non-hydrogen) atoms. The molecule has 0 bridgehead atoms. The smallest absolute Gasteiger partial charge is 0.154 e. The Morgan fingerprint density at radius 1 is 1.32 bits per heavy atom. The standard InChI is InChI=1S/C13H19F2NO2S/c1-13(2,19(4,17)18)12(16-3)7-9-5-6-10(14)8-11(9)15/h5-6,8,12,16H,7H2,1-4H3. The molecule has 0 aromatic heterocycles. The summed E-state index contributed by atoms with van der Waals surface area (Å²) in [6.45, 7) is 3.18. The number of benzene rings is 1. The number of halogens is 2. The number of sulfone groups is 1. The van der Waals surface area contributed by atoms with Crippen molar-refractivity contribution in [2.45, 2.75) is 31.1 Å². The van der Waals surface area contributed by atoms with Crippen LogP contribution in [0.25, 0.3) is 0 Å². The van der Waals surface area contributed by atoms with Crippen LogP contribution in [0.2, 0.25) is 0 Å². The second-order valence-corrected chi connectivity index (χ2v) is 7.75. The van der Waals surface area contributed by atoms with Crippen molar-refractivity contribution < 1.29 is 17.2 Å². The summed E-state index contributed by atoms with van der Waals surface area (Å²) in [6, 6.07) is 2.84. The van der Waals surface area contributed by atoms with E-state index in [0.29, 0.717) is 0 Å². The van der Waals surface area contributed by atoms with Gasteiger partial charge < -0.3 is 5.32 Å². The van der Waals surface area contributed by atoms with Crippen LogP contribution in [0.4, 0.5) is 8.78 Å². The second-order valence-electron chi connectivity index (χ2n) is 5.16. The Balaban J connectivity index is 3.07. The minimum atomic E-state index is -3.31. The Morgan fingerprint density at radius 2 is 1.89 bits per heavy atom. The van der Waals surface area contributed by atoms with E-state index in [0.717, 1.165) is 12.3 Å². The van der Waals surface area contributed by atoms with Crippen molar-refractivity contribution in [1.82, 2.24) is 5.32 Å². The topological polar surface area (TPSA) is 46.2 Å². The third-order valence-corrected chi connectivity index (χ3v) is 5.78. The third kappa shape index (κ3) is 3.51. The van der Waals surface area contributed by atoms with Crippen LogP contribution in [0.3, 0.4) is 0 Å². The van der Waals surface area contributed by atoms with Gasteiger partial charge in [-0.1, -0.05) is 6.07 Å².